The van der Waals surface area contributed by atoms with E-state index < -0.39 is 23.4 Å². The lowest BCUT2D eigenvalue weighted by molar-refractivity contribution is -0.134. The minimum atomic E-state index is -0.680. The summed E-state index contributed by atoms with van der Waals surface area (Å²) in [7, 11) is 0. The number of nitrogens with one attached hydrogen (secondary N) is 2. The molecule has 0 radical (unpaired) electrons. The van der Waals surface area contributed by atoms with Crippen molar-refractivity contribution in [2.24, 2.45) is 0 Å². The lowest BCUT2D eigenvalue weighted by Gasteiger charge is -2.12. The molecule has 24 heavy (non-hydrogen) atoms. The van der Waals surface area contributed by atoms with Crippen molar-refractivity contribution in [2.45, 2.75) is 26.7 Å². The van der Waals surface area contributed by atoms with Gasteiger partial charge < -0.3 is 10.6 Å². The lowest BCUT2D eigenvalue weighted by atomic mass is 10.1. The zero-order valence-corrected chi connectivity index (χ0v) is 13.5. The molecule has 0 saturated carbocycles. The fraction of sp³-hybridized carbons (Fsp3) is 0.222. The second-order valence-corrected chi connectivity index (χ2v) is 5.17. The zero-order chi connectivity index (χ0) is 17.7. The Labute approximate surface area is 139 Å². The highest BCUT2D eigenvalue weighted by atomic mass is 16.2. The third-order valence-corrected chi connectivity index (χ3v) is 3.57. The number of fused-ring (bicyclic) bond motifs is 1. The Kier molecular flexibility index (Phi) is 5.42. The van der Waals surface area contributed by atoms with Gasteiger partial charge in [0.2, 0.25) is 11.6 Å². The molecule has 0 aliphatic heterocycles. The van der Waals surface area contributed by atoms with E-state index in [0.29, 0.717) is 22.1 Å². The second kappa shape index (κ2) is 7.50. The third kappa shape index (κ3) is 3.65. The highest BCUT2D eigenvalue weighted by Crippen LogP contribution is 2.29. The Hall–Kier alpha value is -3.02. The Balaban J connectivity index is 2.39. The number of hydrogen-bond donors (Lipinski definition) is 2. The maximum atomic E-state index is 11.8. The molecule has 0 bridgehead atoms. The topological polar surface area (TPSA) is 92.3 Å². The Morgan fingerprint density at radius 2 is 1.08 bits per heavy atom. The molecule has 0 aromatic heterocycles. The maximum absolute atomic E-state index is 11.8. The molecule has 6 nitrogen and oxygen atoms in total. The van der Waals surface area contributed by atoms with Gasteiger partial charge >= 0.3 is 0 Å². The van der Waals surface area contributed by atoms with Gasteiger partial charge in [-0.1, -0.05) is 38.1 Å². The first-order valence-electron chi connectivity index (χ1n) is 7.68. The van der Waals surface area contributed by atoms with Crippen molar-refractivity contribution < 1.29 is 19.2 Å². The monoisotopic (exact) mass is 326 g/mol. The van der Waals surface area contributed by atoms with E-state index in [4.69, 9.17) is 0 Å². The van der Waals surface area contributed by atoms with Gasteiger partial charge in [-0.15, -0.1) is 0 Å². The van der Waals surface area contributed by atoms with Crippen LogP contribution in [-0.4, -0.2) is 23.4 Å². The molecule has 124 valence electrons. The first kappa shape index (κ1) is 17.3. The molecule has 0 fully saturated rings. The Bertz CT molecular complexity index is 758. The van der Waals surface area contributed by atoms with Crippen LogP contribution >= 0.6 is 0 Å². The SMILES string of the molecule is CCC(=O)C(=O)Nc1cccc2c(NC(=O)C(=O)CC)cccc12. The predicted molar refractivity (Wildman–Crippen MR) is 91.8 cm³/mol. The fourth-order valence-electron chi connectivity index (χ4n) is 2.23. The van der Waals surface area contributed by atoms with Crippen molar-refractivity contribution in [3.63, 3.8) is 0 Å². The molecular formula is C18H18N2O4. The first-order chi connectivity index (χ1) is 11.5. The van der Waals surface area contributed by atoms with Crippen LogP contribution in [0.3, 0.4) is 0 Å². The molecule has 2 aromatic carbocycles. The van der Waals surface area contributed by atoms with E-state index in [2.05, 4.69) is 10.6 Å². The fourth-order valence-corrected chi connectivity index (χ4v) is 2.23. The molecule has 6 heteroatoms. The highest BCUT2D eigenvalue weighted by Gasteiger charge is 2.15. The van der Waals surface area contributed by atoms with Crippen molar-refractivity contribution in [3.05, 3.63) is 36.4 Å². The van der Waals surface area contributed by atoms with Crippen LogP contribution in [0.4, 0.5) is 11.4 Å². The van der Waals surface area contributed by atoms with E-state index >= 15 is 0 Å². The summed E-state index contributed by atoms with van der Waals surface area (Å²) < 4.78 is 0. The summed E-state index contributed by atoms with van der Waals surface area (Å²) in [5.74, 6) is -2.38. The second-order valence-electron chi connectivity index (χ2n) is 5.17. The predicted octanol–water partition coefficient (Wildman–Crippen LogP) is 2.68. The molecule has 0 heterocycles. The summed E-state index contributed by atoms with van der Waals surface area (Å²) in [4.78, 5) is 46.5. The zero-order valence-electron chi connectivity index (χ0n) is 13.5. The van der Waals surface area contributed by atoms with Gasteiger partial charge in [0.1, 0.15) is 0 Å². The van der Waals surface area contributed by atoms with Crippen molar-refractivity contribution >= 4 is 45.5 Å². The summed E-state index contributed by atoms with van der Waals surface area (Å²) >= 11 is 0. The van der Waals surface area contributed by atoms with Crippen LogP contribution in [0.25, 0.3) is 10.8 Å². The third-order valence-electron chi connectivity index (χ3n) is 3.57. The van der Waals surface area contributed by atoms with Gasteiger partial charge in [-0.25, -0.2) is 0 Å². The van der Waals surface area contributed by atoms with Gasteiger partial charge in [0.25, 0.3) is 11.8 Å². The summed E-state index contributed by atoms with van der Waals surface area (Å²) in [5, 5.41) is 6.49. The van der Waals surface area contributed by atoms with Crippen LogP contribution in [0.2, 0.25) is 0 Å². The minimum absolute atomic E-state index is 0.122. The van der Waals surface area contributed by atoms with Gasteiger partial charge in [0.05, 0.1) is 0 Å². The molecule has 2 rings (SSSR count). The average Bonchev–Trinajstić information content (AvgIpc) is 2.60. The van der Waals surface area contributed by atoms with Gasteiger partial charge in [-0.05, 0) is 12.1 Å². The van der Waals surface area contributed by atoms with Gasteiger partial charge in [-0.2, -0.15) is 0 Å². The molecule has 2 aromatic rings. The Morgan fingerprint density at radius 1 is 0.708 bits per heavy atom. The van der Waals surface area contributed by atoms with Crippen LogP contribution in [-0.2, 0) is 19.2 Å². The Morgan fingerprint density at radius 3 is 1.42 bits per heavy atom. The molecule has 0 aliphatic rings. The van der Waals surface area contributed by atoms with E-state index in [1.54, 1.807) is 50.2 Å². The molecular weight excluding hydrogens is 308 g/mol. The summed E-state index contributed by atoms with van der Waals surface area (Å²) in [6, 6.07) is 10.3. The average molecular weight is 326 g/mol. The van der Waals surface area contributed by atoms with Gasteiger partial charge in [0, 0.05) is 35.0 Å². The summed E-state index contributed by atoms with van der Waals surface area (Å²) in [6.07, 6.45) is 0.244. The highest BCUT2D eigenvalue weighted by molar-refractivity contribution is 6.42. The minimum Gasteiger partial charge on any atom is -0.319 e. The number of amides is 2. The summed E-state index contributed by atoms with van der Waals surface area (Å²) in [6.45, 7) is 3.23. The maximum Gasteiger partial charge on any atom is 0.291 e. The molecule has 0 aliphatic carbocycles. The van der Waals surface area contributed by atoms with Crippen LogP contribution in [0.15, 0.2) is 36.4 Å². The number of ketones is 2. The number of anilines is 2. The number of carbonyl (C=O) groups is 4. The van der Waals surface area contributed by atoms with E-state index in [9.17, 15) is 19.2 Å². The van der Waals surface area contributed by atoms with Crippen molar-refractivity contribution in [1.82, 2.24) is 0 Å². The molecule has 0 spiro atoms. The van der Waals surface area contributed by atoms with E-state index in [0.717, 1.165) is 0 Å². The van der Waals surface area contributed by atoms with Gasteiger partial charge in [-0.3, -0.25) is 19.2 Å². The number of Topliss-reactive ketones (excluding diaryl/α,β-unsaturated/α-hetero) is 2. The standard InChI is InChI=1S/C18H18N2O4/c1-3-15(21)17(23)19-13-9-5-8-12-11(13)7-6-10-14(12)20-18(24)16(22)4-2/h5-10H,3-4H2,1-2H3,(H,19,23)(H,20,24). The van der Waals surface area contributed by atoms with E-state index in [1.165, 1.54) is 0 Å². The molecule has 2 N–H and O–H groups in total. The van der Waals surface area contributed by atoms with E-state index in [-0.39, 0.29) is 12.8 Å². The van der Waals surface area contributed by atoms with E-state index in [1.807, 2.05) is 0 Å². The number of hydrogen-bond acceptors (Lipinski definition) is 4. The number of rotatable bonds is 6. The molecule has 2 amide bonds. The normalized spacial score (nSPS) is 10.2. The van der Waals surface area contributed by atoms with Crippen molar-refractivity contribution in [1.29, 1.82) is 0 Å². The molecule has 0 saturated heterocycles. The first-order valence-corrected chi connectivity index (χ1v) is 7.68. The van der Waals surface area contributed by atoms with Crippen molar-refractivity contribution in [2.75, 3.05) is 10.6 Å². The van der Waals surface area contributed by atoms with Crippen LogP contribution in [0.5, 0.6) is 0 Å². The smallest absolute Gasteiger partial charge is 0.291 e. The van der Waals surface area contributed by atoms with Gasteiger partial charge in [0.15, 0.2) is 0 Å². The largest absolute Gasteiger partial charge is 0.319 e. The van der Waals surface area contributed by atoms with Crippen molar-refractivity contribution in [3.8, 4) is 0 Å². The van der Waals surface area contributed by atoms with Crippen LogP contribution < -0.4 is 10.6 Å². The van der Waals surface area contributed by atoms with Crippen LogP contribution in [0.1, 0.15) is 26.7 Å². The lowest BCUT2D eigenvalue weighted by Crippen LogP contribution is -2.22. The number of carbonyl (C=O) groups excluding carboxylic acids is 4. The quantitative estimate of drug-likeness (QED) is 0.798. The summed E-state index contributed by atoms with van der Waals surface area (Å²) in [5.41, 5.74) is 0.939. The number of benzene rings is 2. The molecule has 0 atom stereocenters. The molecule has 0 unspecified atom stereocenters. The van der Waals surface area contributed by atoms with Crippen LogP contribution in [0, 0.1) is 0 Å².